The van der Waals surface area contributed by atoms with Gasteiger partial charge in [0.05, 0.1) is 5.54 Å². The van der Waals surface area contributed by atoms with E-state index in [-0.39, 0.29) is 17.6 Å². The second-order valence-corrected chi connectivity index (χ2v) is 6.11. The highest BCUT2D eigenvalue weighted by molar-refractivity contribution is 5.85. The predicted molar refractivity (Wildman–Crippen MR) is 64.4 cm³/mol. The number of nitrogens with zero attached hydrogens (tertiary/aromatic N) is 1. The lowest BCUT2D eigenvalue weighted by atomic mass is 10.00. The minimum absolute atomic E-state index is 0.0300. The average Bonchev–Trinajstić information content (AvgIpc) is 3.18. The van der Waals surface area contributed by atoms with Crippen molar-refractivity contribution in [3.63, 3.8) is 0 Å². The molecule has 2 fully saturated rings. The van der Waals surface area contributed by atoms with Crippen LogP contribution < -0.4 is 5.32 Å². The van der Waals surface area contributed by atoms with Crippen LogP contribution in [-0.4, -0.2) is 22.1 Å². The van der Waals surface area contributed by atoms with E-state index in [0.29, 0.717) is 11.1 Å². The Hall–Kier alpha value is -1.85. The third-order valence-corrected chi connectivity index (χ3v) is 4.20. The van der Waals surface area contributed by atoms with Crippen LogP contribution in [0.2, 0.25) is 0 Å². The highest BCUT2D eigenvalue weighted by Gasteiger charge is 2.66. The summed E-state index contributed by atoms with van der Waals surface area (Å²) in [5.41, 5.74) is -0.00728. The van der Waals surface area contributed by atoms with Crippen LogP contribution >= 0.6 is 0 Å². The van der Waals surface area contributed by atoms with Gasteiger partial charge in [-0.15, -0.1) is 0 Å². The molecule has 0 radical (unpaired) electrons. The molecule has 1 amide bonds. The maximum atomic E-state index is 12.1. The van der Waals surface area contributed by atoms with Gasteiger partial charge in [-0.1, -0.05) is 5.16 Å². The normalized spacial score (nSPS) is 23.2. The van der Waals surface area contributed by atoms with E-state index in [1.165, 1.54) is 6.07 Å². The number of hydrogen-bond acceptors (Lipinski definition) is 4. The Morgan fingerprint density at radius 1 is 1.53 bits per heavy atom. The van der Waals surface area contributed by atoms with Crippen molar-refractivity contribution < 1.29 is 19.2 Å². The van der Waals surface area contributed by atoms with Crippen molar-refractivity contribution in [1.29, 1.82) is 0 Å². The highest BCUT2D eigenvalue weighted by Crippen LogP contribution is 2.70. The molecule has 1 atom stereocenters. The zero-order chi connectivity index (χ0) is 13.8. The maximum absolute atomic E-state index is 12.1. The summed E-state index contributed by atoms with van der Waals surface area (Å²) in [7, 11) is 0. The number of carboxylic acid groups (broad SMARTS) is 1. The van der Waals surface area contributed by atoms with E-state index in [1.54, 1.807) is 13.8 Å². The second kappa shape index (κ2) is 3.59. The van der Waals surface area contributed by atoms with Crippen molar-refractivity contribution in [2.24, 2.45) is 11.3 Å². The summed E-state index contributed by atoms with van der Waals surface area (Å²) in [5.74, 6) is -1.23. The molecule has 6 nitrogen and oxygen atoms in total. The summed E-state index contributed by atoms with van der Waals surface area (Å²) in [6.07, 6.45) is 3.28. The summed E-state index contributed by atoms with van der Waals surface area (Å²) >= 11 is 0. The van der Waals surface area contributed by atoms with Gasteiger partial charge in [0.2, 0.25) is 11.7 Å². The SMILES string of the molecule is CC(C)(NC(=O)C1CC12CC2)c1cc(C(=O)O)on1. The molecule has 1 aromatic rings. The molecule has 2 aliphatic carbocycles. The first-order valence-corrected chi connectivity index (χ1v) is 6.37. The Bertz CT molecular complexity index is 557. The number of amides is 1. The van der Waals surface area contributed by atoms with E-state index in [4.69, 9.17) is 9.63 Å². The lowest BCUT2D eigenvalue weighted by Crippen LogP contribution is -2.42. The Balaban J connectivity index is 1.70. The smallest absolute Gasteiger partial charge is 0.374 e. The largest absolute Gasteiger partial charge is 0.475 e. The van der Waals surface area contributed by atoms with Crippen LogP contribution in [-0.2, 0) is 10.3 Å². The van der Waals surface area contributed by atoms with Gasteiger partial charge in [0.15, 0.2) is 0 Å². The molecule has 0 aromatic carbocycles. The van der Waals surface area contributed by atoms with Gasteiger partial charge in [-0.25, -0.2) is 4.79 Å². The molecule has 3 rings (SSSR count). The third kappa shape index (κ3) is 2.01. The molecule has 1 aromatic heterocycles. The summed E-state index contributed by atoms with van der Waals surface area (Å²) in [6.45, 7) is 3.58. The molecule has 2 saturated carbocycles. The molecule has 1 unspecified atom stereocenters. The molecule has 6 heteroatoms. The summed E-state index contributed by atoms with van der Waals surface area (Å²) < 4.78 is 4.72. The van der Waals surface area contributed by atoms with E-state index in [9.17, 15) is 9.59 Å². The van der Waals surface area contributed by atoms with Crippen molar-refractivity contribution in [3.8, 4) is 0 Å². The Morgan fingerprint density at radius 3 is 2.68 bits per heavy atom. The van der Waals surface area contributed by atoms with Crippen LogP contribution in [0.1, 0.15) is 49.4 Å². The third-order valence-electron chi connectivity index (χ3n) is 4.20. The first kappa shape index (κ1) is 12.2. The number of nitrogens with one attached hydrogen (secondary N) is 1. The van der Waals surface area contributed by atoms with E-state index < -0.39 is 11.5 Å². The van der Waals surface area contributed by atoms with Crippen LogP contribution in [0.15, 0.2) is 10.6 Å². The summed E-state index contributed by atoms with van der Waals surface area (Å²) in [5, 5.41) is 15.5. The van der Waals surface area contributed by atoms with Gasteiger partial charge >= 0.3 is 5.97 Å². The molecule has 0 saturated heterocycles. The lowest BCUT2D eigenvalue weighted by Gasteiger charge is -2.23. The van der Waals surface area contributed by atoms with Crippen LogP contribution in [0, 0.1) is 11.3 Å². The molecule has 19 heavy (non-hydrogen) atoms. The van der Waals surface area contributed by atoms with E-state index >= 15 is 0 Å². The Kier molecular flexibility index (Phi) is 2.30. The minimum Gasteiger partial charge on any atom is -0.475 e. The molecule has 2 aliphatic rings. The number of aromatic nitrogens is 1. The molecule has 2 N–H and O–H groups in total. The number of hydrogen-bond donors (Lipinski definition) is 2. The molecule has 1 heterocycles. The Labute approximate surface area is 110 Å². The van der Waals surface area contributed by atoms with Crippen LogP contribution in [0.4, 0.5) is 0 Å². The van der Waals surface area contributed by atoms with Crippen LogP contribution in [0.3, 0.4) is 0 Å². The Morgan fingerprint density at radius 2 is 2.21 bits per heavy atom. The second-order valence-electron chi connectivity index (χ2n) is 6.11. The van der Waals surface area contributed by atoms with E-state index in [0.717, 1.165) is 19.3 Å². The highest BCUT2D eigenvalue weighted by atomic mass is 16.5. The standard InChI is InChI=1S/C13H16N2O4/c1-12(2,9-5-8(11(17)18)19-15-9)14-10(16)7-6-13(7)3-4-13/h5,7H,3-4,6H2,1-2H3,(H,14,16)(H,17,18). The number of carbonyl (C=O) groups is 2. The zero-order valence-electron chi connectivity index (χ0n) is 10.9. The average molecular weight is 264 g/mol. The lowest BCUT2D eigenvalue weighted by molar-refractivity contribution is -0.124. The van der Waals surface area contributed by atoms with E-state index in [2.05, 4.69) is 10.5 Å². The first-order valence-electron chi connectivity index (χ1n) is 6.37. The zero-order valence-corrected chi connectivity index (χ0v) is 10.9. The topological polar surface area (TPSA) is 92.4 Å². The van der Waals surface area contributed by atoms with Gasteiger partial charge in [0.25, 0.3) is 0 Å². The molecule has 102 valence electrons. The molecular formula is C13H16N2O4. The van der Waals surface area contributed by atoms with Crippen molar-refractivity contribution >= 4 is 11.9 Å². The van der Waals surface area contributed by atoms with Gasteiger partial charge in [-0.05, 0) is 38.5 Å². The monoisotopic (exact) mass is 264 g/mol. The molecule has 0 bridgehead atoms. The summed E-state index contributed by atoms with van der Waals surface area (Å²) in [4.78, 5) is 22.9. The number of carboxylic acids is 1. The summed E-state index contributed by atoms with van der Waals surface area (Å²) in [6, 6.07) is 1.35. The van der Waals surface area contributed by atoms with E-state index in [1.807, 2.05) is 0 Å². The fourth-order valence-electron chi connectivity index (χ4n) is 2.56. The van der Waals surface area contributed by atoms with Crippen LogP contribution in [0.5, 0.6) is 0 Å². The number of rotatable bonds is 4. The van der Waals surface area contributed by atoms with Crippen molar-refractivity contribution in [3.05, 3.63) is 17.5 Å². The minimum atomic E-state index is -1.17. The maximum Gasteiger partial charge on any atom is 0.374 e. The predicted octanol–water partition coefficient (Wildman–Crippen LogP) is 1.52. The van der Waals surface area contributed by atoms with Gasteiger partial charge in [0.1, 0.15) is 5.69 Å². The fraction of sp³-hybridized carbons (Fsp3) is 0.615. The molecule has 0 aliphatic heterocycles. The van der Waals surface area contributed by atoms with Gasteiger partial charge in [0, 0.05) is 12.0 Å². The van der Waals surface area contributed by atoms with Gasteiger partial charge in [-0.3, -0.25) is 4.79 Å². The van der Waals surface area contributed by atoms with Crippen molar-refractivity contribution in [1.82, 2.24) is 10.5 Å². The van der Waals surface area contributed by atoms with Crippen molar-refractivity contribution in [2.75, 3.05) is 0 Å². The quantitative estimate of drug-likeness (QED) is 0.860. The fourth-order valence-corrected chi connectivity index (χ4v) is 2.56. The molecular weight excluding hydrogens is 248 g/mol. The number of aromatic carboxylic acids is 1. The molecule has 1 spiro atoms. The van der Waals surface area contributed by atoms with Gasteiger partial charge in [-0.2, -0.15) is 0 Å². The number of carbonyl (C=O) groups excluding carboxylic acids is 1. The van der Waals surface area contributed by atoms with Crippen LogP contribution in [0.25, 0.3) is 0 Å². The van der Waals surface area contributed by atoms with Gasteiger partial charge < -0.3 is 14.9 Å². The first-order chi connectivity index (χ1) is 8.84. The van der Waals surface area contributed by atoms with Crippen molar-refractivity contribution in [2.45, 2.75) is 38.6 Å².